The van der Waals surface area contributed by atoms with Crippen molar-refractivity contribution in [3.05, 3.63) is 25.4 Å². The zero-order chi connectivity index (χ0) is 9.94. The minimum atomic E-state index is -0.432. The fourth-order valence-corrected chi connectivity index (χ4v) is 0.857. The first-order valence-corrected chi connectivity index (χ1v) is 4.46. The third-order valence-electron chi connectivity index (χ3n) is 1.51. The number of amides is 1. The van der Waals surface area contributed by atoms with Gasteiger partial charge in [-0.15, -0.1) is 6.58 Å². The van der Waals surface area contributed by atoms with Gasteiger partial charge in [0.2, 0.25) is 0 Å². The van der Waals surface area contributed by atoms with Crippen LogP contribution < -0.4 is 5.32 Å². The van der Waals surface area contributed by atoms with Crippen molar-refractivity contribution in [3.63, 3.8) is 0 Å². The number of nitrogens with one attached hydrogen (secondary N) is 1. The number of hydrogen-bond acceptors (Lipinski definition) is 2. The number of rotatable bonds is 7. The molecule has 0 aromatic rings. The van der Waals surface area contributed by atoms with E-state index < -0.39 is 6.09 Å². The molecule has 1 amide bonds. The van der Waals surface area contributed by atoms with Gasteiger partial charge in [-0.2, -0.15) is 0 Å². The van der Waals surface area contributed by atoms with Gasteiger partial charge in [0.25, 0.3) is 0 Å². The summed E-state index contributed by atoms with van der Waals surface area (Å²) in [7, 11) is 0. The fourth-order valence-electron chi connectivity index (χ4n) is 0.857. The Labute approximate surface area is 79.5 Å². The molecule has 0 heterocycles. The highest BCUT2D eigenvalue weighted by Crippen LogP contribution is 2.00. The second-order valence-electron chi connectivity index (χ2n) is 2.62. The lowest BCUT2D eigenvalue weighted by atomic mass is 10.2. The van der Waals surface area contributed by atoms with E-state index in [1.54, 1.807) is 0 Å². The van der Waals surface area contributed by atoms with Gasteiger partial charge in [-0.05, 0) is 31.9 Å². The molecule has 0 saturated carbocycles. The molecular formula is C10H17NO2. The third-order valence-corrected chi connectivity index (χ3v) is 1.51. The normalized spacial score (nSPS) is 8.92. The lowest BCUT2D eigenvalue weighted by Crippen LogP contribution is -2.18. The Hall–Kier alpha value is -1.25. The van der Waals surface area contributed by atoms with Crippen LogP contribution in [0.5, 0.6) is 0 Å². The maximum atomic E-state index is 10.7. The maximum absolute atomic E-state index is 10.7. The Balaban J connectivity index is 3.10. The molecule has 0 rings (SSSR count). The number of unbranched alkanes of at least 4 members (excludes halogenated alkanes) is 3. The van der Waals surface area contributed by atoms with E-state index >= 15 is 0 Å². The van der Waals surface area contributed by atoms with Gasteiger partial charge in [-0.3, -0.25) is 5.32 Å². The molecule has 3 heteroatoms. The van der Waals surface area contributed by atoms with Gasteiger partial charge in [0.1, 0.15) is 0 Å². The molecule has 0 aliphatic rings. The first-order valence-electron chi connectivity index (χ1n) is 4.46. The quantitative estimate of drug-likeness (QED) is 0.486. The molecule has 0 unspecified atom stereocenters. The zero-order valence-electron chi connectivity index (χ0n) is 7.92. The van der Waals surface area contributed by atoms with Crippen LogP contribution in [0.4, 0.5) is 4.79 Å². The minimum absolute atomic E-state index is 0.432. The Kier molecular flexibility index (Phi) is 7.99. The zero-order valence-corrected chi connectivity index (χ0v) is 7.92. The molecule has 0 spiro atoms. The summed E-state index contributed by atoms with van der Waals surface area (Å²) < 4.78 is 4.82. The number of alkyl carbamates (subject to hydrolysis) is 1. The van der Waals surface area contributed by atoms with Crippen molar-refractivity contribution in [1.82, 2.24) is 5.32 Å². The second-order valence-corrected chi connectivity index (χ2v) is 2.62. The Morgan fingerprint density at radius 3 is 2.69 bits per heavy atom. The van der Waals surface area contributed by atoms with E-state index in [-0.39, 0.29) is 0 Å². The van der Waals surface area contributed by atoms with Crippen LogP contribution in [0.3, 0.4) is 0 Å². The summed E-state index contributed by atoms with van der Waals surface area (Å²) >= 11 is 0. The lowest BCUT2D eigenvalue weighted by molar-refractivity contribution is 0.148. The smallest absolute Gasteiger partial charge is 0.411 e. The Morgan fingerprint density at radius 2 is 2.08 bits per heavy atom. The molecule has 0 aliphatic heterocycles. The topological polar surface area (TPSA) is 38.3 Å². The number of allylic oxidation sites excluding steroid dienone is 1. The van der Waals surface area contributed by atoms with Crippen LogP contribution >= 0.6 is 0 Å². The van der Waals surface area contributed by atoms with Crippen molar-refractivity contribution in [2.24, 2.45) is 0 Å². The van der Waals surface area contributed by atoms with Crippen LogP contribution in [-0.4, -0.2) is 12.7 Å². The summed E-state index contributed by atoms with van der Waals surface area (Å²) in [6, 6.07) is 0. The molecule has 1 N–H and O–H groups in total. The summed E-state index contributed by atoms with van der Waals surface area (Å²) in [6.45, 7) is 7.44. The second kappa shape index (κ2) is 8.84. The highest BCUT2D eigenvalue weighted by Gasteiger charge is 1.96. The summed E-state index contributed by atoms with van der Waals surface area (Å²) in [5, 5.41) is 2.33. The van der Waals surface area contributed by atoms with Gasteiger partial charge >= 0.3 is 6.09 Å². The lowest BCUT2D eigenvalue weighted by Gasteiger charge is -2.02. The Morgan fingerprint density at radius 1 is 1.31 bits per heavy atom. The van der Waals surface area contributed by atoms with Crippen molar-refractivity contribution in [2.75, 3.05) is 6.61 Å². The fraction of sp³-hybridized carbons (Fsp3) is 0.500. The van der Waals surface area contributed by atoms with E-state index in [2.05, 4.69) is 18.5 Å². The average molecular weight is 183 g/mol. The number of hydrogen-bond donors (Lipinski definition) is 1. The predicted molar refractivity (Wildman–Crippen MR) is 53.3 cm³/mol. The van der Waals surface area contributed by atoms with Gasteiger partial charge in [0.05, 0.1) is 6.61 Å². The van der Waals surface area contributed by atoms with Gasteiger partial charge in [-0.25, -0.2) is 4.79 Å². The maximum Gasteiger partial charge on any atom is 0.411 e. The minimum Gasteiger partial charge on any atom is -0.449 e. The van der Waals surface area contributed by atoms with Crippen LogP contribution in [0.15, 0.2) is 25.4 Å². The van der Waals surface area contributed by atoms with Gasteiger partial charge in [-0.1, -0.05) is 12.7 Å². The van der Waals surface area contributed by atoms with Crippen LogP contribution in [0, 0.1) is 0 Å². The molecule has 0 radical (unpaired) electrons. The number of ether oxygens (including phenoxy) is 1. The van der Waals surface area contributed by atoms with Gasteiger partial charge in [0, 0.05) is 0 Å². The van der Waals surface area contributed by atoms with E-state index in [0.717, 1.165) is 25.7 Å². The molecule has 0 saturated heterocycles. The molecule has 0 aromatic heterocycles. The van der Waals surface area contributed by atoms with Crippen LogP contribution in [0.2, 0.25) is 0 Å². The number of carbonyl (C=O) groups excluding carboxylic acids is 1. The number of carbonyl (C=O) groups is 1. The largest absolute Gasteiger partial charge is 0.449 e. The van der Waals surface area contributed by atoms with E-state index in [1.807, 2.05) is 6.08 Å². The van der Waals surface area contributed by atoms with Crippen molar-refractivity contribution >= 4 is 6.09 Å². The molecule has 0 fully saturated rings. The van der Waals surface area contributed by atoms with Crippen molar-refractivity contribution in [3.8, 4) is 0 Å². The highest BCUT2D eigenvalue weighted by atomic mass is 16.5. The van der Waals surface area contributed by atoms with E-state index in [4.69, 9.17) is 4.74 Å². The molecule has 0 aromatic carbocycles. The SMILES string of the molecule is C=CCCCCCOC(=O)NC=C. The molecular weight excluding hydrogens is 166 g/mol. The summed E-state index contributed by atoms with van der Waals surface area (Å²) in [5.41, 5.74) is 0. The standard InChI is InChI=1S/C10H17NO2/c1-3-5-6-7-8-9-13-10(12)11-4-2/h3-4H,1-2,5-9H2,(H,11,12). The predicted octanol–water partition coefficient (Wildman–Crippen LogP) is 2.60. The first-order chi connectivity index (χ1) is 6.31. The highest BCUT2D eigenvalue weighted by molar-refractivity contribution is 5.68. The monoisotopic (exact) mass is 183 g/mol. The summed E-state index contributed by atoms with van der Waals surface area (Å²) in [4.78, 5) is 10.7. The third kappa shape index (κ3) is 8.66. The van der Waals surface area contributed by atoms with Crippen molar-refractivity contribution in [1.29, 1.82) is 0 Å². The molecule has 74 valence electrons. The molecule has 0 aliphatic carbocycles. The molecule has 0 bridgehead atoms. The van der Waals surface area contributed by atoms with E-state index in [9.17, 15) is 4.79 Å². The Bertz CT molecular complexity index is 166. The van der Waals surface area contributed by atoms with Gasteiger partial charge < -0.3 is 4.74 Å². The molecule has 3 nitrogen and oxygen atoms in total. The van der Waals surface area contributed by atoms with Gasteiger partial charge in [0.15, 0.2) is 0 Å². The van der Waals surface area contributed by atoms with E-state index in [0.29, 0.717) is 6.61 Å². The van der Waals surface area contributed by atoms with Crippen molar-refractivity contribution < 1.29 is 9.53 Å². The van der Waals surface area contributed by atoms with E-state index in [1.165, 1.54) is 6.20 Å². The van der Waals surface area contributed by atoms with Crippen LogP contribution in [0.1, 0.15) is 25.7 Å². The molecule has 13 heavy (non-hydrogen) atoms. The summed E-state index contributed by atoms with van der Waals surface area (Å²) in [5.74, 6) is 0. The van der Waals surface area contributed by atoms with Crippen LogP contribution in [-0.2, 0) is 4.74 Å². The van der Waals surface area contributed by atoms with Crippen LogP contribution in [0.25, 0.3) is 0 Å². The first kappa shape index (κ1) is 11.8. The average Bonchev–Trinajstić information content (AvgIpc) is 2.11. The van der Waals surface area contributed by atoms with Crippen molar-refractivity contribution in [2.45, 2.75) is 25.7 Å². The summed E-state index contributed by atoms with van der Waals surface area (Å²) in [6.07, 6.45) is 6.87. The molecule has 0 atom stereocenters.